The van der Waals surface area contributed by atoms with Gasteiger partial charge in [-0.05, 0) is 31.9 Å². The van der Waals surface area contributed by atoms with E-state index in [-0.39, 0.29) is 0 Å². The number of rotatable bonds is 3. The van der Waals surface area contributed by atoms with Crippen molar-refractivity contribution in [2.45, 2.75) is 32.4 Å². The fourth-order valence-electron chi connectivity index (χ4n) is 2.52. The Morgan fingerprint density at radius 2 is 2.13 bits per heavy atom. The number of ether oxygens (including phenoxy) is 1. The number of anilines is 1. The van der Waals surface area contributed by atoms with Crippen molar-refractivity contribution in [2.75, 3.05) is 18.6 Å². The first-order chi connectivity index (χ1) is 7.24. The molecule has 1 aliphatic heterocycles. The lowest BCUT2D eigenvalue weighted by Crippen LogP contribution is -2.40. The molecule has 0 unspecified atom stereocenters. The van der Waals surface area contributed by atoms with Gasteiger partial charge < -0.3 is 9.64 Å². The van der Waals surface area contributed by atoms with E-state index in [1.165, 1.54) is 11.3 Å². The average Bonchev–Trinajstić information content (AvgIpc) is 2.56. The second-order valence-corrected chi connectivity index (χ2v) is 4.44. The predicted octanol–water partition coefficient (Wildman–Crippen LogP) is 2.47. The molecule has 0 radical (unpaired) electrons. The van der Waals surface area contributed by atoms with Gasteiger partial charge in [-0.15, -0.1) is 0 Å². The molecule has 0 spiro atoms. The van der Waals surface area contributed by atoms with Gasteiger partial charge in [-0.25, -0.2) is 0 Å². The Kier molecular flexibility index (Phi) is 2.96. The topological polar surface area (TPSA) is 12.5 Å². The van der Waals surface area contributed by atoms with E-state index in [0.29, 0.717) is 12.1 Å². The maximum absolute atomic E-state index is 5.30. The number of benzene rings is 1. The third-order valence-corrected chi connectivity index (χ3v) is 3.03. The lowest BCUT2D eigenvalue weighted by atomic mass is 10.1. The molecule has 1 heterocycles. The monoisotopic (exact) mass is 205 g/mol. The lowest BCUT2D eigenvalue weighted by molar-refractivity contribution is 0.177. The Labute approximate surface area is 91.9 Å². The van der Waals surface area contributed by atoms with Crippen molar-refractivity contribution in [3.8, 4) is 0 Å². The third kappa shape index (κ3) is 1.86. The Morgan fingerprint density at radius 3 is 2.80 bits per heavy atom. The molecule has 0 aliphatic carbocycles. The zero-order valence-corrected chi connectivity index (χ0v) is 9.73. The summed E-state index contributed by atoms with van der Waals surface area (Å²) in [5.41, 5.74) is 2.84. The van der Waals surface area contributed by atoms with E-state index in [9.17, 15) is 0 Å². The van der Waals surface area contributed by atoms with E-state index >= 15 is 0 Å². The number of nitrogens with zero attached hydrogens (tertiary/aromatic N) is 1. The van der Waals surface area contributed by atoms with Crippen LogP contribution in [-0.4, -0.2) is 25.8 Å². The molecule has 0 saturated heterocycles. The lowest BCUT2D eigenvalue weighted by Gasteiger charge is -2.31. The number of para-hydroxylation sites is 1. The molecule has 2 nitrogen and oxygen atoms in total. The van der Waals surface area contributed by atoms with Crippen LogP contribution in [0.2, 0.25) is 0 Å². The summed E-state index contributed by atoms with van der Waals surface area (Å²) >= 11 is 0. The van der Waals surface area contributed by atoms with Crippen molar-refractivity contribution < 1.29 is 4.74 Å². The SMILES string of the molecule is COC[C@H]1Cc2ccccc2N1C(C)C. The van der Waals surface area contributed by atoms with Crippen molar-refractivity contribution in [1.29, 1.82) is 0 Å². The number of fused-ring (bicyclic) bond motifs is 1. The maximum atomic E-state index is 5.30. The molecule has 0 saturated carbocycles. The van der Waals surface area contributed by atoms with E-state index < -0.39 is 0 Å². The van der Waals surface area contributed by atoms with Gasteiger partial charge in [0.15, 0.2) is 0 Å². The van der Waals surface area contributed by atoms with Gasteiger partial charge >= 0.3 is 0 Å². The van der Waals surface area contributed by atoms with E-state index in [1.807, 2.05) is 0 Å². The second-order valence-electron chi connectivity index (χ2n) is 4.44. The molecule has 1 atom stereocenters. The van der Waals surface area contributed by atoms with Gasteiger partial charge in [-0.3, -0.25) is 0 Å². The van der Waals surface area contributed by atoms with Crippen LogP contribution in [0.1, 0.15) is 19.4 Å². The Bertz CT molecular complexity index is 335. The predicted molar refractivity (Wildman–Crippen MR) is 63.4 cm³/mol. The van der Waals surface area contributed by atoms with Crippen LogP contribution >= 0.6 is 0 Å². The molecule has 0 N–H and O–H groups in total. The molecule has 0 bridgehead atoms. The molecule has 1 aromatic carbocycles. The first kappa shape index (κ1) is 10.5. The van der Waals surface area contributed by atoms with Gasteiger partial charge in [-0.2, -0.15) is 0 Å². The van der Waals surface area contributed by atoms with Gasteiger partial charge in [0.25, 0.3) is 0 Å². The first-order valence-electron chi connectivity index (χ1n) is 5.59. The number of hydrogen-bond acceptors (Lipinski definition) is 2. The molecule has 1 aromatic rings. The molecule has 82 valence electrons. The highest BCUT2D eigenvalue weighted by atomic mass is 16.5. The Morgan fingerprint density at radius 1 is 1.40 bits per heavy atom. The highest BCUT2D eigenvalue weighted by Crippen LogP contribution is 2.33. The smallest absolute Gasteiger partial charge is 0.0669 e. The van der Waals surface area contributed by atoms with Crippen LogP contribution in [0.4, 0.5) is 5.69 Å². The zero-order chi connectivity index (χ0) is 10.8. The van der Waals surface area contributed by atoms with E-state index in [2.05, 4.69) is 43.0 Å². The summed E-state index contributed by atoms with van der Waals surface area (Å²) < 4.78 is 5.30. The Hall–Kier alpha value is -1.02. The summed E-state index contributed by atoms with van der Waals surface area (Å²) in [4.78, 5) is 2.47. The molecule has 2 heteroatoms. The van der Waals surface area contributed by atoms with Crippen molar-refractivity contribution in [1.82, 2.24) is 0 Å². The molecule has 1 aliphatic rings. The van der Waals surface area contributed by atoms with Crippen molar-refractivity contribution in [2.24, 2.45) is 0 Å². The minimum absolute atomic E-state index is 0.507. The molecule has 0 amide bonds. The fourth-order valence-corrected chi connectivity index (χ4v) is 2.52. The van der Waals surface area contributed by atoms with Crippen molar-refractivity contribution >= 4 is 5.69 Å². The normalized spacial score (nSPS) is 19.7. The fraction of sp³-hybridized carbons (Fsp3) is 0.538. The highest BCUT2D eigenvalue weighted by molar-refractivity contribution is 5.60. The maximum Gasteiger partial charge on any atom is 0.0669 e. The summed E-state index contributed by atoms with van der Waals surface area (Å²) in [6.45, 7) is 5.29. The highest BCUT2D eigenvalue weighted by Gasteiger charge is 2.30. The molecular formula is C13H19NO. The summed E-state index contributed by atoms with van der Waals surface area (Å²) in [6, 6.07) is 9.71. The van der Waals surface area contributed by atoms with Gasteiger partial charge in [0.2, 0.25) is 0 Å². The zero-order valence-electron chi connectivity index (χ0n) is 9.73. The van der Waals surface area contributed by atoms with Gasteiger partial charge in [-0.1, -0.05) is 18.2 Å². The molecule has 0 aromatic heterocycles. The van der Waals surface area contributed by atoms with Crippen LogP contribution in [0.25, 0.3) is 0 Å². The number of hydrogen-bond donors (Lipinski definition) is 0. The van der Waals surface area contributed by atoms with Crippen LogP contribution in [0.3, 0.4) is 0 Å². The van der Waals surface area contributed by atoms with Crippen LogP contribution in [0.15, 0.2) is 24.3 Å². The van der Waals surface area contributed by atoms with E-state index in [0.717, 1.165) is 13.0 Å². The van der Waals surface area contributed by atoms with Gasteiger partial charge in [0, 0.05) is 18.8 Å². The summed E-state index contributed by atoms with van der Waals surface area (Å²) in [7, 11) is 1.78. The van der Waals surface area contributed by atoms with E-state index in [4.69, 9.17) is 4.74 Å². The van der Waals surface area contributed by atoms with Crippen molar-refractivity contribution in [3.63, 3.8) is 0 Å². The van der Waals surface area contributed by atoms with Crippen LogP contribution in [-0.2, 0) is 11.2 Å². The van der Waals surface area contributed by atoms with Crippen LogP contribution in [0.5, 0.6) is 0 Å². The molecular weight excluding hydrogens is 186 g/mol. The average molecular weight is 205 g/mol. The summed E-state index contributed by atoms with van der Waals surface area (Å²) in [6.07, 6.45) is 1.11. The van der Waals surface area contributed by atoms with E-state index in [1.54, 1.807) is 7.11 Å². The third-order valence-electron chi connectivity index (χ3n) is 3.03. The largest absolute Gasteiger partial charge is 0.383 e. The van der Waals surface area contributed by atoms with Crippen LogP contribution < -0.4 is 4.90 Å². The Balaban J connectivity index is 2.29. The summed E-state index contributed by atoms with van der Waals surface area (Å²) in [5.74, 6) is 0. The van der Waals surface area contributed by atoms with Crippen molar-refractivity contribution in [3.05, 3.63) is 29.8 Å². The number of methoxy groups -OCH3 is 1. The molecule has 0 fully saturated rings. The minimum Gasteiger partial charge on any atom is -0.383 e. The minimum atomic E-state index is 0.507. The van der Waals surface area contributed by atoms with Gasteiger partial charge in [0.05, 0.1) is 12.6 Å². The van der Waals surface area contributed by atoms with Crippen LogP contribution in [0, 0.1) is 0 Å². The van der Waals surface area contributed by atoms with Gasteiger partial charge in [0.1, 0.15) is 0 Å². The molecule has 15 heavy (non-hydrogen) atoms. The second kappa shape index (κ2) is 4.23. The first-order valence-corrected chi connectivity index (χ1v) is 5.59. The molecule has 2 rings (SSSR count). The standard InChI is InChI=1S/C13H19NO/c1-10(2)14-12(9-15-3)8-11-6-4-5-7-13(11)14/h4-7,10,12H,8-9H2,1-3H3/t12-/m1/s1. The quantitative estimate of drug-likeness (QED) is 0.751. The summed E-state index contributed by atoms with van der Waals surface area (Å²) in [5, 5.41) is 0.